The molecule has 0 amide bonds. The average Bonchev–Trinajstić information content (AvgIpc) is 3.38. The quantitative estimate of drug-likeness (QED) is 0.231. The number of aliphatic hydroxyl groups is 2. The van der Waals surface area contributed by atoms with Crippen LogP contribution in [0, 0.1) is 0 Å². The second-order valence-corrected chi connectivity index (χ2v) is 10.6. The van der Waals surface area contributed by atoms with Crippen molar-refractivity contribution in [3.63, 3.8) is 0 Å². The zero-order valence-electron chi connectivity index (χ0n) is 20.7. The van der Waals surface area contributed by atoms with Gasteiger partial charge in [0.1, 0.15) is 47.4 Å². The van der Waals surface area contributed by atoms with Gasteiger partial charge in [0.15, 0.2) is 6.23 Å². The Morgan fingerprint density at radius 1 is 1.27 bits per heavy atom. The topological polar surface area (TPSA) is 180 Å². The van der Waals surface area contributed by atoms with E-state index in [1.807, 2.05) is 0 Å². The van der Waals surface area contributed by atoms with Gasteiger partial charge in [0, 0.05) is 6.20 Å². The molecule has 4 rings (SSSR count). The van der Waals surface area contributed by atoms with E-state index in [4.69, 9.17) is 24.3 Å². The molecule has 3 aromatic rings. The van der Waals surface area contributed by atoms with Gasteiger partial charge in [0.25, 0.3) is 0 Å². The third-order valence-corrected chi connectivity index (χ3v) is 7.90. The number of aromatic nitrogens is 3. The predicted octanol–water partition coefficient (Wildman–Crippen LogP) is 1.77. The lowest BCUT2D eigenvalue weighted by Gasteiger charge is -2.29. The number of ether oxygens (including phenoxy) is 2. The number of para-hydroxylation sites is 1. The Labute approximate surface area is 213 Å². The normalized spacial score (nSPS) is 26.9. The number of esters is 1. The summed E-state index contributed by atoms with van der Waals surface area (Å²) >= 11 is 0. The van der Waals surface area contributed by atoms with E-state index in [2.05, 4.69) is 15.1 Å². The van der Waals surface area contributed by atoms with Gasteiger partial charge < -0.3 is 34.5 Å². The van der Waals surface area contributed by atoms with E-state index in [1.54, 1.807) is 42.6 Å². The number of benzene rings is 1. The van der Waals surface area contributed by atoms with Crippen molar-refractivity contribution < 1.29 is 38.1 Å². The van der Waals surface area contributed by atoms with Crippen molar-refractivity contribution in [1.29, 1.82) is 0 Å². The highest BCUT2D eigenvalue weighted by Crippen LogP contribution is 2.49. The number of methoxy groups -OCH3 is 1. The molecule has 0 spiro atoms. The number of nitrogens with one attached hydrogen (secondary N) is 1. The minimum atomic E-state index is -4.23. The van der Waals surface area contributed by atoms with Crippen molar-refractivity contribution in [3.8, 4) is 5.75 Å². The summed E-state index contributed by atoms with van der Waals surface area (Å²) in [5, 5.41) is 25.3. The Bertz CT molecular complexity index is 1300. The minimum Gasteiger partial charge on any atom is -0.468 e. The third-order valence-electron chi connectivity index (χ3n) is 6.13. The second-order valence-electron chi connectivity index (χ2n) is 8.93. The van der Waals surface area contributed by atoms with Crippen molar-refractivity contribution >= 4 is 30.6 Å². The molecule has 0 bridgehead atoms. The summed E-state index contributed by atoms with van der Waals surface area (Å²) in [6.45, 7) is 4.35. The molecular weight excluding hydrogens is 505 g/mol. The molecule has 1 aromatic carbocycles. The van der Waals surface area contributed by atoms with Gasteiger partial charge in [-0.3, -0.25) is 9.32 Å². The lowest BCUT2D eigenvalue weighted by atomic mass is 9.94. The first-order valence-electron chi connectivity index (χ1n) is 11.5. The molecule has 37 heavy (non-hydrogen) atoms. The van der Waals surface area contributed by atoms with Crippen LogP contribution in [0.1, 0.15) is 27.0 Å². The fraction of sp³-hybridized carbons (Fsp3) is 0.435. The Kier molecular flexibility index (Phi) is 7.56. The Balaban J connectivity index is 1.60. The van der Waals surface area contributed by atoms with Crippen molar-refractivity contribution in [3.05, 3.63) is 48.9 Å². The van der Waals surface area contributed by atoms with Gasteiger partial charge in [0.2, 0.25) is 0 Å². The highest BCUT2D eigenvalue weighted by Gasteiger charge is 2.56. The smallest absolute Gasteiger partial charge is 0.459 e. The number of anilines is 1. The van der Waals surface area contributed by atoms with Crippen LogP contribution in [-0.2, 0) is 23.4 Å². The molecule has 1 aliphatic heterocycles. The van der Waals surface area contributed by atoms with Crippen LogP contribution in [0.5, 0.6) is 5.75 Å². The maximum Gasteiger partial charge on any atom is 0.459 e. The van der Waals surface area contributed by atoms with E-state index in [9.17, 15) is 19.6 Å². The van der Waals surface area contributed by atoms with Crippen molar-refractivity contribution in [2.24, 2.45) is 0 Å². The standard InChI is InChI=1S/C23H30N5O8P/c1-13(21(30)33-4)27-37(32,36-15-8-6-5-7-9-15)35-14(2)17-18(29)23(3,31)22(34-17)28-11-10-16-19(24)25-12-26-20(16)28/h5-14,17-18,22,29,31H,1-4H3,(H,27,32)(H2,24,25,26). The molecule has 0 radical (unpaired) electrons. The number of hydrogen-bond acceptors (Lipinski definition) is 11. The van der Waals surface area contributed by atoms with Crippen LogP contribution < -0.4 is 15.3 Å². The predicted molar refractivity (Wildman–Crippen MR) is 132 cm³/mol. The number of nitrogen functional groups attached to an aromatic ring is 1. The first-order valence-corrected chi connectivity index (χ1v) is 13.0. The molecule has 7 atom stereocenters. The molecule has 3 heterocycles. The fourth-order valence-corrected chi connectivity index (χ4v) is 5.87. The summed E-state index contributed by atoms with van der Waals surface area (Å²) in [6, 6.07) is 8.86. The first kappa shape index (κ1) is 27.0. The van der Waals surface area contributed by atoms with E-state index in [0.717, 1.165) is 0 Å². The summed E-state index contributed by atoms with van der Waals surface area (Å²) in [4.78, 5) is 20.2. The van der Waals surface area contributed by atoms with E-state index >= 15 is 0 Å². The summed E-state index contributed by atoms with van der Waals surface area (Å²) in [6.07, 6.45) is -1.91. The highest BCUT2D eigenvalue weighted by atomic mass is 31.2. The van der Waals surface area contributed by atoms with E-state index < -0.39 is 49.9 Å². The monoisotopic (exact) mass is 535 g/mol. The van der Waals surface area contributed by atoms with E-state index in [1.165, 1.54) is 38.8 Å². The molecule has 7 unspecified atom stereocenters. The van der Waals surface area contributed by atoms with Gasteiger partial charge >= 0.3 is 13.7 Å². The Morgan fingerprint density at radius 2 is 1.97 bits per heavy atom. The molecule has 0 saturated carbocycles. The largest absolute Gasteiger partial charge is 0.468 e. The van der Waals surface area contributed by atoms with Gasteiger partial charge in [-0.1, -0.05) is 18.2 Å². The van der Waals surface area contributed by atoms with Crippen LogP contribution in [0.3, 0.4) is 0 Å². The Hall–Kier alpha value is -3.06. The number of carbonyl (C=O) groups excluding carboxylic acids is 1. The molecule has 1 fully saturated rings. The van der Waals surface area contributed by atoms with E-state index in [0.29, 0.717) is 11.0 Å². The molecule has 1 saturated heterocycles. The molecule has 0 aliphatic carbocycles. The second kappa shape index (κ2) is 10.4. The maximum atomic E-state index is 13.8. The van der Waals surface area contributed by atoms with Gasteiger partial charge in [-0.2, -0.15) is 5.09 Å². The lowest BCUT2D eigenvalue weighted by Crippen LogP contribution is -2.46. The number of nitrogens with two attached hydrogens (primary N) is 1. The average molecular weight is 535 g/mol. The molecule has 13 nitrogen and oxygen atoms in total. The number of fused-ring (bicyclic) bond motifs is 1. The van der Waals surface area contributed by atoms with Crippen molar-refractivity contribution in [2.45, 2.75) is 57.0 Å². The van der Waals surface area contributed by atoms with Gasteiger partial charge in [-0.05, 0) is 39.0 Å². The third kappa shape index (κ3) is 5.33. The SMILES string of the molecule is COC(=O)C(C)NP(=O)(Oc1ccccc1)OC(C)C1OC(n2ccc3c(N)ncnc32)C(C)(O)C1O. The zero-order valence-corrected chi connectivity index (χ0v) is 21.6. The Morgan fingerprint density at radius 3 is 2.65 bits per heavy atom. The van der Waals surface area contributed by atoms with Crippen LogP contribution in [0.25, 0.3) is 11.0 Å². The summed E-state index contributed by atoms with van der Waals surface area (Å²) < 4.78 is 37.5. The number of carbonyl (C=O) groups is 1. The lowest BCUT2D eigenvalue weighted by molar-refractivity contribution is -0.142. The number of nitrogens with zero attached hydrogens (tertiary/aromatic N) is 3. The molecular formula is C23H30N5O8P. The fourth-order valence-electron chi connectivity index (χ4n) is 4.18. The van der Waals surface area contributed by atoms with Gasteiger partial charge in [-0.15, -0.1) is 0 Å². The molecule has 14 heteroatoms. The molecule has 2 aromatic heterocycles. The minimum absolute atomic E-state index is 0.219. The molecule has 200 valence electrons. The molecule has 1 aliphatic rings. The van der Waals surface area contributed by atoms with Crippen LogP contribution in [-0.4, -0.2) is 67.8 Å². The zero-order chi connectivity index (χ0) is 27.0. The van der Waals surface area contributed by atoms with Crippen molar-refractivity contribution in [2.75, 3.05) is 12.8 Å². The van der Waals surface area contributed by atoms with E-state index in [-0.39, 0.29) is 11.6 Å². The summed E-state index contributed by atoms with van der Waals surface area (Å²) in [7, 11) is -3.04. The summed E-state index contributed by atoms with van der Waals surface area (Å²) in [5.74, 6) is -0.217. The number of rotatable bonds is 9. The molecule has 5 N–H and O–H groups in total. The van der Waals surface area contributed by atoms with Crippen LogP contribution in [0.4, 0.5) is 5.82 Å². The van der Waals surface area contributed by atoms with Crippen LogP contribution in [0.15, 0.2) is 48.9 Å². The number of aliphatic hydroxyl groups excluding tert-OH is 1. The van der Waals surface area contributed by atoms with Gasteiger partial charge in [-0.25, -0.2) is 14.5 Å². The highest BCUT2D eigenvalue weighted by molar-refractivity contribution is 7.52. The maximum absolute atomic E-state index is 13.8. The van der Waals surface area contributed by atoms with Crippen LogP contribution >= 0.6 is 7.75 Å². The van der Waals surface area contributed by atoms with Crippen LogP contribution in [0.2, 0.25) is 0 Å². The van der Waals surface area contributed by atoms with Gasteiger partial charge in [0.05, 0.1) is 18.6 Å². The summed E-state index contributed by atoms with van der Waals surface area (Å²) in [5.41, 5.74) is 4.51. The number of hydrogen-bond donors (Lipinski definition) is 4. The van der Waals surface area contributed by atoms with Crippen molar-refractivity contribution in [1.82, 2.24) is 19.6 Å². The first-order chi connectivity index (χ1) is 17.5.